The van der Waals surface area contributed by atoms with Crippen LogP contribution < -0.4 is 10.2 Å². The maximum absolute atomic E-state index is 12.7. The van der Waals surface area contributed by atoms with Crippen molar-refractivity contribution in [3.63, 3.8) is 0 Å². The van der Waals surface area contributed by atoms with E-state index in [1.165, 1.54) is 6.08 Å². The van der Waals surface area contributed by atoms with Crippen molar-refractivity contribution in [1.29, 1.82) is 0 Å². The maximum Gasteiger partial charge on any atom is 0.335 e. The van der Waals surface area contributed by atoms with Crippen LogP contribution in [0.15, 0.2) is 54.1 Å². The van der Waals surface area contributed by atoms with Crippen LogP contribution in [0.4, 0.5) is 10.5 Å². The summed E-state index contributed by atoms with van der Waals surface area (Å²) in [6.07, 6.45) is 1.46. The Labute approximate surface area is 143 Å². The molecule has 0 atom stereocenters. The van der Waals surface area contributed by atoms with E-state index in [1.807, 2.05) is 6.07 Å². The number of urea groups is 1. The third-order valence-corrected chi connectivity index (χ3v) is 4.10. The predicted octanol–water partition coefficient (Wildman–Crippen LogP) is 3.31. The van der Waals surface area contributed by atoms with Crippen molar-refractivity contribution in [1.82, 2.24) is 5.32 Å². The van der Waals surface area contributed by atoms with Gasteiger partial charge < -0.3 is 0 Å². The zero-order chi connectivity index (χ0) is 17.3. The number of hydrogen-bond donors (Lipinski definition) is 1. The first kappa shape index (κ1) is 16.0. The summed E-state index contributed by atoms with van der Waals surface area (Å²) in [7, 11) is 0. The summed E-state index contributed by atoms with van der Waals surface area (Å²) >= 11 is 6.07. The van der Waals surface area contributed by atoms with Crippen LogP contribution in [0.3, 0.4) is 0 Å². The lowest BCUT2D eigenvalue weighted by Gasteiger charge is -2.27. The van der Waals surface area contributed by atoms with Gasteiger partial charge in [-0.25, -0.2) is 9.69 Å². The molecule has 1 fully saturated rings. The molecule has 4 amide bonds. The fourth-order valence-corrected chi connectivity index (χ4v) is 2.60. The molecule has 1 saturated heterocycles. The third kappa shape index (κ3) is 2.81. The van der Waals surface area contributed by atoms with Crippen LogP contribution in [-0.4, -0.2) is 17.8 Å². The van der Waals surface area contributed by atoms with Crippen LogP contribution >= 0.6 is 11.6 Å². The Kier molecular flexibility index (Phi) is 4.18. The molecule has 24 heavy (non-hydrogen) atoms. The number of carbonyl (C=O) groups is 3. The van der Waals surface area contributed by atoms with Crippen molar-refractivity contribution >= 4 is 41.2 Å². The fourth-order valence-electron chi connectivity index (χ4n) is 2.43. The predicted molar refractivity (Wildman–Crippen MR) is 91.6 cm³/mol. The van der Waals surface area contributed by atoms with Gasteiger partial charge in [0, 0.05) is 5.02 Å². The number of amides is 4. The van der Waals surface area contributed by atoms with E-state index < -0.39 is 17.8 Å². The zero-order valence-corrected chi connectivity index (χ0v) is 13.5. The van der Waals surface area contributed by atoms with Crippen LogP contribution in [-0.2, 0) is 9.59 Å². The Morgan fingerprint density at radius 2 is 1.71 bits per heavy atom. The Morgan fingerprint density at radius 3 is 2.42 bits per heavy atom. The molecule has 0 saturated carbocycles. The first-order chi connectivity index (χ1) is 11.5. The first-order valence-corrected chi connectivity index (χ1v) is 7.58. The van der Waals surface area contributed by atoms with E-state index in [-0.39, 0.29) is 5.57 Å². The normalized spacial score (nSPS) is 16.5. The molecule has 0 aliphatic carbocycles. The Bertz CT molecular complexity index is 875. The SMILES string of the molecule is Cc1c(Cl)cccc1N1C(=O)NC(=O)/C(=C\c2ccccc2)C1=O. The van der Waals surface area contributed by atoms with Gasteiger partial charge in [-0.05, 0) is 36.3 Å². The fraction of sp³-hybridized carbons (Fsp3) is 0.0556. The van der Waals surface area contributed by atoms with E-state index in [9.17, 15) is 14.4 Å². The molecule has 1 N–H and O–H groups in total. The van der Waals surface area contributed by atoms with Gasteiger partial charge in [0.25, 0.3) is 11.8 Å². The molecule has 5 nitrogen and oxygen atoms in total. The summed E-state index contributed by atoms with van der Waals surface area (Å²) < 4.78 is 0. The van der Waals surface area contributed by atoms with Crippen LogP contribution in [0.5, 0.6) is 0 Å². The van der Waals surface area contributed by atoms with Gasteiger partial charge in [0.15, 0.2) is 0 Å². The molecule has 0 radical (unpaired) electrons. The van der Waals surface area contributed by atoms with Crippen LogP contribution in [0.25, 0.3) is 6.08 Å². The Hall–Kier alpha value is -2.92. The molecule has 2 aromatic rings. The average Bonchev–Trinajstić information content (AvgIpc) is 2.56. The number of benzene rings is 2. The number of nitrogens with one attached hydrogen (secondary N) is 1. The van der Waals surface area contributed by atoms with E-state index in [0.717, 1.165) is 4.90 Å². The van der Waals surface area contributed by atoms with E-state index in [1.54, 1.807) is 49.4 Å². The molecule has 0 spiro atoms. The lowest BCUT2D eigenvalue weighted by atomic mass is 10.1. The van der Waals surface area contributed by atoms with Gasteiger partial charge in [-0.1, -0.05) is 48.0 Å². The summed E-state index contributed by atoms with van der Waals surface area (Å²) in [5.41, 5.74) is 1.50. The van der Waals surface area contributed by atoms with E-state index in [0.29, 0.717) is 21.8 Å². The number of anilines is 1. The van der Waals surface area contributed by atoms with Crippen molar-refractivity contribution in [2.45, 2.75) is 6.92 Å². The van der Waals surface area contributed by atoms with Crippen molar-refractivity contribution in [2.75, 3.05) is 4.90 Å². The maximum atomic E-state index is 12.7. The largest absolute Gasteiger partial charge is 0.335 e. The highest BCUT2D eigenvalue weighted by atomic mass is 35.5. The second-order valence-electron chi connectivity index (χ2n) is 5.25. The Balaban J connectivity index is 2.07. The minimum Gasteiger partial charge on any atom is -0.273 e. The summed E-state index contributed by atoms with van der Waals surface area (Å²) in [6, 6.07) is 13.1. The number of nitrogens with zero attached hydrogens (tertiary/aromatic N) is 1. The van der Waals surface area contributed by atoms with Gasteiger partial charge in [-0.3, -0.25) is 14.9 Å². The third-order valence-electron chi connectivity index (χ3n) is 3.69. The lowest BCUT2D eigenvalue weighted by Crippen LogP contribution is -2.54. The van der Waals surface area contributed by atoms with Gasteiger partial charge in [0.2, 0.25) is 0 Å². The number of carbonyl (C=O) groups excluding carboxylic acids is 3. The van der Waals surface area contributed by atoms with Crippen molar-refractivity contribution < 1.29 is 14.4 Å². The van der Waals surface area contributed by atoms with E-state index >= 15 is 0 Å². The zero-order valence-electron chi connectivity index (χ0n) is 12.7. The van der Waals surface area contributed by atoms with Gasteiger partial charge in [0.1, 0.15) is 5.57 Å². The number of hydrogen-bond acceptors (Lipinski definition) is 3. The molecule has 1 aliphatic heterocycles. The van der Waals surface area contributed by atoms with Crippen molar-refractivity contribution in [3.8, 4) is 0 Å². The lowest BCUT2D eigenvalue weighted by molar-refractivity contribution is -0.122. The van der Waals surface area contributed by atoms with Gasteiger partial charge >= 0.3 is 6.03 Å². The standard InChI is InChI=1S/C18H13ClN2O3/c1-11-14(19)8-5-9-15(11)21-17(23)13(16(22)20-18(21)24)10-12-6-3-2-4-7-12/h2-10H,1H3,(H,20,22,24)/b13-10+. The van der Waals surface area contributed by atoms with E-state index in [2.05, 4.69) is 5.32 Å². The van der Waals surface area contributed by atoms with Crippen molar-refractivity contribution in [2.24, 2.45) is 0 Å². The summed E-state index contributed by atoms with van der Waals surface area (Å²) in [5, 5.41) is 2.62. The Morgan fingerprint density at radius 1 is 1.00 bits per heavy atom. The van der Waals surface area contributed by atoms with Crippen LogP contribution in [0.1, 0.15) is 11.1 Å². The molecule has 3 rings (SSSR count). The monoisotopic (exact) mass is 340 g/mol. The summed E-state index contributed by atoms with van der Waals surface area (Å²) in [4.78, 5) is 37.9. The minimum absolute atomic E-state index is 0.111. The molecular weight excluding hydrogens is 328 g/mol. The number of halogens is 1. The van der Waals surface area contributed by atoms with Gasteiger partial charge in [0.05, 0.1) is 5.69 Å². The van der Waals surface area contributed by atoms with Crippen molar-refractivity contribution in [3.05, 3.63) is 70.3 Å². The summed E-state index contributed by atoms with van der Waals surface area (Å²) in [6.45, 7) is 1.70. The molecule has 1 heterocycles. The van der Waals surface area contributed by atoms with Crippen LogP contribution in [0.2, 0.25) is 5.02 Å². The highest BCUT2D eigenvalue weighted by molar-refractivity contribution is 6.39. The van der Waals surface area contributed by atoms with Gasteiger partial charge in [-0.15, -0.1) is 0 Å². The van der Waals surface area contributed by atoms with E-state index in [4.69, 9.17) is 11.6 Å². The quantitative estimate of drug-likeness (QED) is 0.673. The second-order valence-corrected chi connectivity index (χ2v) is 5.66. The average molecular weight is 341 g/mol. The number of barbiturate groups is 1. The highest BCUT2D eigenvalue weighted by Crippen LogP contribution is 2.29. The molecule has 1 aliphatic rings. The molecule has 6 heteroatoms. The smallest absolute Gasteiger partial charge is 0.273 e. The van der Waals surface area contributed by atoms with Gasteiger partial charge in [-0.2, -0.15) is 0 Å². The molecular formula is C18H13ClN2O3. The topological polar surface area (TPSA) is 66.5 Å². The van der Waals surface area contributed by atoms with Crippen LogP contribution in [0, 0.1) is 6.92 Å². The number of rotatable bonds is 2. The minimum atomic E-state index is -0.791. The number of imide groups is 2. The molecule has 0 bridgehead atoms. The first-order valence-electron chi connectivity index (χ1n) is 7.20. The molecule has 0 unspecified atom stereocenters. The molecule has 2 aromatic carbocycles. The second kappa shape index (κ2) is 6.29. The summed E-state index contributed by atoms with van der Waals surface area (Å²) in [5.74, 6) is -1.40. The molecule has 0 aromatic heterocycles. The highest BCUT2D eigenvalue weighted by Gasteiger charge is 2.37. The molecule has 120 valence electrons.